The molecule has 0 saturated carbocycles. The lowest BCUT2D eigenvalue weighted by Gasteiger charge is -2.12. The average Bonchev–Trinajstić information content (AvgIpc) is 2.22. The van der Waals surface area contributed by atoms with E-state index in [-0.39, 0.29) is 23.1 Å². The number of hydrogen-bond donors (Lipinski definition) is 2. The summed E-state index contributed by atoms with van der Waals surface area (Å²) in [7, 11) is 0. The van der Waals surface area contributed by atoms with Gasteiger partial charge in [0.15, 0.2) is 0 Å². The molecular formula is C11H13F2NO2. The zero-order chi connectivity index (χ0) is 12.5. The van der Waals surface area contributed by atoms with Crippen molar-refractivity contribution >= 4 is 5.97 Å². The summed E-state index contributed by atoms with van der Waals surface area (Å²) in [4.78, 5) is 10.5. The fraction of sp³-hybridized carbons (Fsp3) is 0.364. The molecular weight excluding hydrogens is 216 g/mol. The van der Waals surface area contributed by atoms with Crippen LogP contribution in [0.5, 0.6) is 0 Å². The van der Waals surface area contributed by atoms with Gasteiger partial charge in [0.2, 0.25) is 0 Å². The molecule has 1 aromatic rings. The highest BCUT2D eigenvalue weighted by atomic mass is 19.1. The van der Waals surface area contributed by atoms with E-state index in [1.165, 1.54) is 13.8 Å². The van der Waals surface area contributed by atoms with Gasteiger partial charge in [-0.1, -0.05) is 0 Å². The van der Waals surface area contributed by atoms with Crippen LogP contribution in [-0.4, -0.2) is 17.1 Å². The van der Waals surface area contributed by atoms with E-state index in [0.717, 1.165) is 6.07 Å². The van der Waals surface area contributed by atoms with Gasteiger partial charge < -0.3 is 10.8 Å². The molecule has 0 saturated heterocycles. The molecule has 1 aromatic carbocycles. The van der Waals surface area contributed by atoms with Crippen LogP contribution in [0.2, 0.25) is 0 Å². The average molecular weight is 229 g/mol. The lowest BCUT2D eigenvalue weighted by Crippen LogP contribution is -2.32. The van der Waals surface area contributed by atoms with Crippen LogP contribution >= 0.6 is 0 Å². The van der Waals surface area contributed by atoms with Gasteiger partial charge in [0.05, 0.1) is 0 Å². The molecule has 0 radical (unpaired) electrons. The molecule has 1 rings (SSSR count). The molecule has 0 amide bonds. The predicted molar refractivity (Wildman–Crippen MR) is 55.1 cm³/mol. The van der Waals surface area contributed by atoms with E-state index in [1.807, 2.05) is 0 Å². The van der Waals surface area contributed by atoms with Crippen molar-refractivity contribution in [3.05, 3.63) is 34.4 Å². The van der Waals surface area contributed by atoms with Crippen LogP contribution < -0.4 is 5.73 Å². The molecule has 0 aliphatic rings. The summed E-state index contributed by atoms with van der Waals surface area (Å²) in [6.45, 7) is 2.81. The number of rotatable bonds is 3. The highest BCUT2D eigenvalue weighted by Gasteiger charge is 2.17. The molecule has 0 aliphatic carbocycles. The van der Waals surface area contributed by atoms with Crippen LogP contribution in [0, 0.1) is 25.5 Å². The third-order valence-corrected chi connectivity index (χ3v) is 2.56. The van der Waals surface area contributed by atoms with Gasteiger partial charge >= 0.3 is 5.97 Å². The molecule has 0 spiro atoms. The van der Waals surface area contributed by atoms with E-state index in [4.69, 9.17) is 10.8 Å². The van der Waals surface area contributed by atoms with Crippen LogP contribution in [0.3, 0.4) is 0 Å². The highest BCUT2D eigenvalue weighted by molar-refractivity contribution is 5.73. The predicted octanol–water partition coefficient (Wildman–Crippen LogP) is 1.54. The first kappa shape index (κ1) is 12.6. The monoisotopic (exact) mass is 229 g/mol. The molecule has 3 N–H and O–H groups in total. The maximum Gasteiger partial charge on any atom is 0.320 e. The highest BCUT2D eigenvalue weighted by Crippen LogP contribution is 2.20. The quantitative estimate of drug-likeness (QED) is 0.826. The lowest BCUT2D eigenvalue weighted by molar-refractivity contribution is -0.138. The Balaban J connectivity index is 3.11. The van der Waals surface area contributed by atoms with Crippen LogP contribution in [0.1, 0.15) is 16.7 Å². The first-order valence-corrected chi connectivity index (χ1v) is 4.77. The minimum atomic E-state index is -1.19. The maximum atomic E-state index is 13.5. The number of nitrogens with two attached hydrogens (primary N) is 1. The Morgan fingerprint density at radius 2 is 2.00 bits per heavy atom. The molecule has 1 unspecified atom stereocenters. The Labute approximate surface area is 91.9 Å². The Bertz CT molecular complexity index is 432. The van der Waals surface area contributed by atoms with Crippen molar-refractivity contribution in [2.45, 2.75) is 26.3 Å². The zero-order valence-electron chi connectivity index (χ0n) is 9.05. The summed E-state index contributed by atoms with van der Waals surface area (Å²) >= 11 is 0. The maximum absolute atomic E-state index is 13.5. The van der Waals surface area contributed by atoms with Gasteiger partial charge in [-0.15, -0.1) is 0 Å². The van der Waals surface area contributed by atoms with E-state index < -0.39 is 23.6 Å². The molecule has 0 heterocycles. The van der Waals surface area contributed by atoms with Crippen molar-refractivity contribution in [3.63, 3.8) is 0 Å². The van der Waals surface area contributed by atoms with E-state index in [0.29, 0.717) is 0 Å². The van der Waals surface area contributed by atoms with Crippen molar-refractivity contribution in [2.24, 2.45) is 5.73 Å². The molecule has 5 heteroatoms. The Morgan fingerprint density at radius 3 is 2.50 bits per heavy atom. The Kier molecular flexibility index (Phi) is 3.59. The van der Waals surface area contributed by atoms with Gasteiger partial charge in [-0.2, -0.15) is 0 Å². The van der Waals surface area contributed by atoms with Crippen molar-refractivity contribution in [3.8, 4) is 0 Å². The second-order valence-corrected chi connectivity index (χ2v) is 3.73. The molecule has 0 bridgehead atoms. The van der Waals surface area contributed by atoms with Crippen LogP contribution in [-0.2, 0) is 11.2 Å². The van der Waals surface area contributed by atoms with Crippen molar-refractivity contribution in [1.29, 1.82) is 0 Å². The Hall–Kier alpha value is -1.49. The van der Waals surface area contributed by atoms with Gasteiger partial charge in [0.25, 0.3) is 0 Å². The van der Waals surface area contributed by atoms with Gasteiger partial charge in [-0.05, 0) is 37.5 Å². The number of benzene rings is 1. The summed E-state index contributed by atoms with van der Waals surface area (Å²) in [6, 6.07) is -0.0171. The number of aliphatic carboxylic acids is 1. The summed E-state index contributed by atoms with van der Waals surface area (Å²) in [5.41, 5.74) is 5.78. The van der Waals surface area contributed by atoms with Gasteiger partial charge in [0, 0.05) is 5.56 Å². The van der Waals surface area contributed by atoms with Gasteiger partial charge in [-0.25, -0.2) is 8.78 Å². The number of hydrogen-bond acceptors (Lipinski definition) is 2. The summed E-state index contributed by atoms with van der Waals surface area (Å²) in [5.74, 6) is -2.52. The SMILES string of the molecule is Cc1c(F)cc(CC(N)C(=O)O)c(C)c1F. The summed E-state index contributed by atoms with van der Waals surface area (Å²) in [5, 5.41) is 8.61. The molecule has 0 aliphatic heterocycles. The van der Waals surface area contributed by atoms with E-state index in [2.05, 4.69) is 0 Å². The van der Waals surface area contributed by atoms with Crippen molar-refractivity contribution in [1.82, 2.24) is 0 Å². The van der Waals surface area contributed by atoms with E-state index in [1.54, 1.807) is 0 Å². The zero-order valence-corrected chi connectivity index (χ0v) is 9.05. The number of carbonyl (C=O) groups is 1. The topological polar surface area (TPSA) is 63.3 Å². The molecule has 3 nitrogen and oxygen atoms in total. The largest absolute Gasteiger partial charge is 0.480 e. The summed E-state index contributed by atoms with van der Waals surface area (Å²) in [6.07, 6.45) is -0.0880. The number of halogens is 2. The normalized spacial score (nSPS) is 12.6. The van der Waals surface area contributed by atoms with Crippen molar-refractivity contribution < 1.29 is 18.7 Å². The van der Waals surface area contributed by atoms with E-state index in [9.17, 15) is 13.6 Å². The van der Waals surface area contributed by atoms with Crippen molar-refractivity contribution in [2.75, 3.05) is 0 Å². The summed E-state index contributed by atoms with van der Waals surface area (Å²) < 4.78 is 26.7. The standard InChI is InChI=1S/C11H13F2NO2/c1-5-7(4-9(14)11(15)16)3-8(12)6(2)10(5)13/h3,9H,4,14H2,1-2H3,(H,15,16). The van der Waals surface area contributed by atoms with Crippen LogP contribution in [0.4, 0.5) is 8.78 Å². The molecule has 0 fully saturated rings. The molecule has 16 heavy (non-hydrogen) atoms. The van der Waals surface area contributed by atoms with Crippen LogP contribution in [0.15, 0.2) is 6.07 Å². The van der Waals surface area contributed by atoms with Gasteiger partial charge in [0.1, 0.15) is 17.7 Å². The second kappa shape index (κ2) is 4.57. The smallest absolute Gasteiger partial charge is 0.320 e. The lowest BCUT2D eigenvalue weighted by atomic mass is 9.98. The first-order valence-electron chi connectivity index (χ1n) is 4.77. The minimum absolute atomic E-state index is 0.0647. The molecule has 1 atom stereocenters. The minimum Gasteiger partial charge on any atom is -0.480 e. The third-order valence-electron chi connectivity index (χ3n) is 2.56. The fourth-order valence-corrected chi connectivity index (χ4v) is 1.43. The molecule has 0 aromatic heterocycles. The number of carboxylic acid groups (broad SMARTS) is 1. The molecule has 88 valence electrons. The fourth-order valence-electron chi connectivity index (χ4n) is 1.43. The Morgan fingerprint density at radius 1 is 1.44 bits per heavy atom. The van der Waals surface area contributed by atoms with Crippen LogP contribution in [0.25, 0.3) is 0 Å². The second-order valence-electron chi connectivity index (χ2n) is 3.73. The third kappa shape index (κ3) is 2.36. The first-order chi connectivity index (χ1) is 7.34. The number of carboxylic acids is 1. The van der Waals surface area contributed by atoms with Gasteiger partial charge in [-0.3, -0.25) is 4.79 Å². The van der Waals surface area contributed by atoms with E-state index >= 15 is 0 Å².